The van der Waals surface area contributed by atoms with E-state index in [1.165, 1.54) is 0 Å². The molecular weight excluding hydrogens is 248 g/mol. The topological polar surface area (TPSA) is 72.9 Å². The average Bonchev–Trinajstić information content (AvgIpc) is 2.54. The zero-order valence-electron chi connectivity index (χ0n) is 11.9. The molecule has 0 aliphatic carbocycles. The summed E-state index contributed by atoms with van der Waals surface area (Å²) in [7, 11) is -0.752. The number of hydrogen-bond donors (Lipinski definition) is 2. The van der Waals surface area contributed by atoms with Crippen molar-refractivity contribution in [3.05, 3.63) is 5.69 Å². The molecule has 0 saturated heterocycles. The first-order chi connectivity index (χ1) is 8.32. The lowest BCUT2D eigenvalue weighted by molar-refractivity contribution is 0.530. The second kappa shape index (κ2) is 6.22. The summed E-state index contributed by atoms with van der Waals surface area (Å²) in [5, 5.41) is 7.80. The number of nitrogens with two attached hydrogens (primary N) is 1. The number of hydrogen-bond acceptors (Lipinski definition) is 4. The largest absolute Gasteiger partial charge is 0.394 e. The van der Waals surface area contributed by atoms with Crippen molar-refractivity contribution in [3.8, 4) is 0 Å². The summed E-state index contributed by atoms with van der Waals surface area (Å²) in [6.07, 6.45) is 2.58. The smallest absolute Gasteiger partial charge is 0.148 e. The Balaban J connectivity index is 2.79. The summed E-state index contributed by atoms with van der Waals surface area (Å²) >= 11 is 0. The van der Waals surface area contributed by atoms with Crippen LogP contribution in [0.1, 0.15) is 38.9 Å². The molecule has 2 atom stereocenters. The Morgan fingerprint density at radius 1 is 1.44 bits per heavy atom. The van der Waals surface area contributed by atoms with Gasteiger partial charge in [0.25, 0.3) is 0 Å². The van der Waals surface area contributed by atoms with Gasteiger partial charge in [0.2, 0.25) is 0 Å². The number of nitrogens with one attached hydrogen (secondary N) is 1. The molecule has 1 aromatic heterocycles. The Hall–Kier alpha value is -1.04. The molecule has 0 bridgehead atoms. The molecule has 0 aliphatic heterocycles. The molecule has 3 N–H and O–H groups in total. The first-order valence-corrected chi connectivity index (χ1v) is 7.96. The first-order valence-electron chi connectivity index (χ1n) is 6.24. The van der Waals surface area contributed by atoms with Gasteiger partial charge in [0.05, 0.1) is 11.4 Å². The van der Waals surface area contributed by atoms with Crippen LogP contribution in [-0.2, 0) is 10.8 Å². The van der Waals surface area contributed by atoms with E-state index in [2.05, 4.69) is 31.2 Å². The van der Waals surface area contributed by atoms with Gasteiger partial charge >= 0.3 is 0 Å². The van der Waals surface area contributed by atoms with Crippen molar-refractivity contribution in [2.24, 2.45) is 0 Å². The van der Waals surface area contributed by atoms with Gasteiger partial charge in [-0.15, -0.1) is 0 Å². The first kappa shape index (κ1) is 15.0. The monoisotopic (exact) mass is 272 g/mol. The fourth-order valence-corrected chi connectivity index (χ4v) is 2.41. The maximum absolute atomic E-state index is 11.1. The third-order valence-corrected chi connectivity index (χ3v) is 3.65. The van der Waals surface area contributed by atoms with Gasteiger partial charge in [0, 0.05) is 34.9 Å². The van der Waals surface area contributed by atoms with E-state index in [-0.39, 0.29) is 12.1 Å². The standard InChI is InChI=1S/C12H24N4OS/c1-8(2)16-12(11(13)10(4)15-16)14-9(3)6-7-18(5)17/h8-9,14H,6-7,13H2,1-5H3. The van der Waals surface area contributed by atoms with Gasteiger partial charge in [-0.1, -0.05) is 0 Å². The Labute approximate surface area is 112 Å². The van der Waals surface area contributed by atoms with Gasteiger partial charge in [-0.05, 0) is 34.1 Å². The quantitative estimate of drug-likeness (QED) is 0.830. The molecule has 0 aliphatic rings. The normalized spacial score (nSPS) is 14.8. The predicted molar refractivity (Wildman–Crippen MR) is 78.4 cm³/mol. The second-order valence-electron chi connectivity index (χ2n) is 5.00. The van der Waals surface area contributed by atoms with E-state index >= 15 is 0 Å². The van der Waals surface area contributed by atoms with Crippen molar-refractivity contribution >= 4 is 22.3 Å². The van der Waals surface area contributed by atoms with Gasteiger partial charge in [-0.25, -0.2) is 4.68 Å². The van der Waals surface area contributed by atoms with Gasteiger partial charge < -0.3 is 11.1 Å². The van der Waals surface area contributed by atoms with Crippen LogP contribution in [0.25, 0.3) is 0 Å². The lowest BCUT2D eigenvalue weighted by Gasteiger charge is -2.18. The van der Waals surface area contributed by atoms with E-state index in [1.807, 2.05) is 11.6 Å². The highest BCUT2D eigenvalue weighted by atomic mass is 32.2. The van der Waals surface area contributed by atoms with Crippen LogP contribution < -0.4 is 11.1 Å². The van der Waals surface area contributed by atoms with Crippen LogP contribution in [0.2, 0.25) is 0 Å². The van der Waals surface area contributed by atoms with Gasteiger partial charge in [-0.2, -0.15) is 5.10 Å². The Morgan fingerprint density at radius 2 is 2.06 bits per heavy atom. The van der Waals surface area contributed by atoms with Crippen molar-refractivity contribution in [1.82, 2.24) is 9.78 Å². The third-order valence-electron chi connectivity index (χ3n) is 2.84. The highest BCUT2D eigenvalue weighted by Gasteiger charge is 2.16. The molecule has 1 heterocycles. The minimum atomic E-state index is -0.752. The van der Waals surface area contributed by atoms with Crippen molar-refractivity contribution in [1.29, 1.82) is 0 Å². The van der Waals surface area contributed by atoms with Crippen LogP contribution in [0.15, 0.2) is 0 Å². The number of aromatic nitrogens is 2. The molecule has 1 rings (SSSR count). The zero-order valence-corrected chi connectivity index (χ0v) is 12.7. The van der Waals surface area contributed by atoms with E-state index in [9.17, 15) is 4.21 Å². The molecule has 0 fully saturated rings. The third kappa shape index (κ3) is 3.73. The molecule has 1 aromatic rings. The lowest BCUT2D eigenvalue weighted by Crippen LogP contribution is -2.21. The lowest BCUT2D eigenvalue weighted by atomic mass is 10.2. The maximum atomic E-state index is 11.1. The highest BCUT2D eigenvalue weighted by molar-refractivity contribution is 7.84. The molecule has 0 saturated carbocycles. The molecular formula is C12H24N4OS. The van der Waals surface area contributed by atoms with Crippen LogP contribution in [0.5, 0.6) is 0 Å². The SMILES string of the molecule is Cc1nn(C(C)C)c(NC(C)CCS(C)=O)c1N. The van der Waals surface area contributed by atoms with Crippen molar-refractivity contribution in [2.75, 3.05) is 23.1 Å². The summed E-state index contributed by atoms with van der Waals surface area (Å²) in [6, 6.07) is 0.487. The van der Waals surface area contributed by atoms with Crippen molar-refractivity contribution in [3.63, 3.8) is 0 Å². The van der Waals surface area contributed by atoms with E-state index < -0.39 is 10.8 Å². The fourth-order valence-electron chi connectivity index (χ4n) is 1.73. The van der Waals surface area contributed by atoms with E-state index in [0.29, 0.717) is 11.4 Å². The van der Waals surface area contributed by atoms with Crippen LogP contribution in [0.3, 0.4) is 0 Å². The van der Waals surface area contributed by atoms with Gasteiger partial charge in [0.15, 0.2) is 0 Å². The predicted octanol–water partition coefficient (Wildman–Crippen LogP) is 1.92. The van der Waals surface area contributed by atoms with Crippen LogP contribution >= 0.6 is 0 Å². The zero-order chi connectivity index (χ0) is 13.9. The van der Waals surface area contributed by atoms with E-state index in [0.717, 1.165) is 17.9 Å². The number of nitrogens with zero attached hydrogens (tertiary/aromatic N) is 2. The summed E-state index contributed by atoms with van der Waals surface area (Å²) in [4.78, 5) is 0. The Kier molecular flexibility index (Phi) is 5.19. The van der Waals surface area contributed by atoms with Crippen molar-refractivity contribution < 1.29 is 4.21 Å². The number of aryl methyl sites for hydroxylation is 1. The molecule has 104 valence electrons. The summed E-state index contributed by atoms with van der Waals surface area (Å²) in [6.45, 7) is 8.12. The maximum Gasteiger partial charge on any atom is 0.148 e. The molecule has 0 radical (unpaired) electrons. The van der Waals surface area contributed by atoms with Crippen LogP contribution in [0.4, 0.5) is 11.5 Å². The Bertz CT molecular complexity index is 428. The second-order valence-corrected chi connectivity index (χ2v) is 6.55. The van der Waals surface area contributed by atoms with E-state index in [4.69, 9.17) is 5.73 Å². The number of rotatable bonds is 6. The molecule has 6 heteroatoms. The minimum absolute atomic E-state index is 0.227. The molecule has 0 amide bonds. The van der Waals surface area contributed by atoms with Gasteiger partial charge in [-0.3, -0.25) is 4.21 Å². The highest BCUT2D eigenvalue weighted by Crippen LogP contribution is 2.26. The Morgan fingerprint density at radius 3 is 2.56 bits per heavy atom. The van der Waals surface area contributed by atoms with Crippen LogP contribution in [0, 0.1) is 6.92 Å². The minimum Gasteiger partial charge on any atom is -0.394 e. The summed E-state index contributed by atoms with van der Waals surface area (Å²) in [5.41, 5.74) is 7.59. The number of anilines is 2. The average molecular weight is 272 g/mol. The van der Waals surface area contributed by atoms with E-state index in [1.54, 1.807) is 6.26 Å². The summed E-state index contributed by atoms with van der Waals surface area (Å²) in [5.74, 6) is 1.57. The molecule has 0 aromatic carbocycles. The molecule has 0 spiro atoms. The number of nitrogen functional groups attached to an aromatic ring is 1. The van der Waals surface area contributed by atoms with Crippen molar-refractivity contribution in [2.45, 2.75) is 46.2 Å². The van der Waals surface area contributed by atoms with Gasteiger partial charge in [0.1, 0.15) is 5.82 Å². The molecule has 18 heavy (non-hydrogen) atoms. The summed E-state index contributed by atoms with van der Waals surface area (Å²) < 4.78 is 13.0. The molecule has 2 unspecified atom stereocenters. The molecule has 5 nitrogen and oxygen atoms in total. The fraction of sp³-hybridized carbons (Fsp3) is 0.750. The van der Waals surface area contributed by atoms with Crippen LogP contribution in [-0.4, -0.2) is 32.0 Å².